The average Bonchev–Trinajstić information content (AvgIpc) is 2.99. The highest BCUT2D eigenvalue weighted by molar-refractivity contribution is 6.17. The van der Waals surface area contributed by atoms with Gasteiger partial charge in [-0.15, -0.1) is 0 Å². The van der Waals surface area contributed by atoms with Crippen molar-refractivity contribution in [2.75, 3.05) is 12.7 Å². The van der Waals surface area contributed by atoms with Gasteiger partial charge in [0.2, 0.25) is 0 Å². The zero-order chi connectivity index (χ0) is 21.7. The second-order valence-corrected chi connectivity index (χ2v) is 10.2. The highest BCUT2D eigenvalue weighted by Gasteiger charge is 2.70. The normalized spacial score (nSPS) is 44.7. The number of hydrogen-bond donors (Lipinski definition) is 1. The quantitative estimate of drug-likeness (QED) is 0.517. The SMILES string of the molecule is CCCO[C@]1(C(=O)OCCl)CC[C@H]2[C@@H]3CCC4=CC(=O)C=C[C@]4(C)[C@H]3[C@@H](O)C[C@@]21C. The number of ketones is 1. The van der Waals surface area contributed by atoms with Crippen molar-refractivity contribution in [3.8, 4) is 0 Å². The molecule has 0 aliphatic heterocycles. The van der Waals surface area contributed by atoms with Crippen LogP contribution < -0.4 is 0 Å². The summed E-state index contributed by atoms with van der Waals surface area (Å²) in [7, 11) is 0. The molecule has 0 unspecified atom stereocenters. The highest BCUT2D eigenvalue weighted by atomic mass is 35.5. The lowest BCUT2D eigenvalue weighted by atomic mass is 9.46. The number of allylic oxidation sites excluding steroid dienone is 4. The molecule has 4 aliphatic carbocycles. The minimum Gasteiger partial charge on any atom is -0.447 e. The van der Waals surface area contributed by atoms with Gasteiger partial charge in [-0.1, -0.05) is 44.0 Å². The number of esters is 1. The standard InChI is InChI=1S/C24H33ClO5/c1-4-11-30-24(21(28)29-14-25)10-8-18-17-6-5-15-12-16(26)7-9-22(15,2)20(17)19(27)13-23(18,24)3/h7,9,12,17-20,27H,4-6,8,10-11,13-14H2,1-3H3/t17-,18-,19-,20+,22-,23-,24-/m0/s1. The Balaban J connectivity index is 1.73. The van der Waals surface area contributed by atoms with E-state index in [4.69, 9.17) is 21.1 Å². The van der Waals surface area contributed by atoms with Crippen LogP contribution in [-0.2, 0) is 19.1 Å². The molecule has 0 saturated heterocycles. The number of ether oxygens (including phenoxy) is 2. The van der Waals surface area contributed by atoms with Crippen LogP contribution in [0.15, 0.2) is 23.8 Å². The lowest BCUT2D eigenvalue weighted by Crippen LogP contribution is -2.62. The maximum atomic E-state index is 13.2. The largest absolute Gasteiger partial charge is 0.447 e. The Morgan fingerprint density at radius 2 is 2.10 bits per heavy atom. The van der Waals surface area contributed by atoms with Crippen molar-refractivity contribution >= 4 is 23.4 Å². The van der Waals surface area contributed by atoms with Gasteiger partial charge in [0.05, 0.1) is 6.10 Å². The molecule has 0 spiro atoms. The molecule has 3 fully saturated rings. The van der Waals surface area contributed by atoms with Gasteiger partial charge in [0, 0.05) is 23.4 Å². The van der Waals surface area contributed by atoms with Crippen LogP contribution in [0.1, 0.15) is 59.3 Å². The molecule has 3 saturated carbocycles. The number of alkyl halides is 1. The molecule has 0 heterocycles. The van der Waals surface area contributed by atoms with Crippen molar-refractivity contribution in [1.29, 1.82) is 0 Å². The summed E-state index contributed by atoms with van der Waals surface area (Å²) in [5.41, 5.74) is -0.766. The Bertz CT molecular complexity index is 790. The summed E-state index contributed by atoms with van der Waals surface area (Å²) in [6.45, 7) is 6.75. The van der Waals surface area contributed by atoms with Crippen LogP contribution in [0.5, 0.6) is 0 Å². The zero-order valence-corrected chi connectivity index (χ0v) is 18.9. The maximum Gasteiger partial charge on any atom is 0.340 e. The third kappa shape index (κ3) is 2.96. The molecular formula is C24H33ClO5. The van der Waals surface area contributed by atoms with E-state index in [1.54, 1.807) is 12.2 Å². The van der Waals surface area contributed by atoms with Gasteiger partial charge in [-0.2, -0.15) is 0 Å². The third-order valence-electron chi connectivity index (χ3n) is 8.68. The molecule has 166 valence electrons. The molecule has 0 aromatic heterocycles. The zero-order valence-electron chi connectivity index (χ0n) is 18.2. The van der Waals surface area contributed by atoms with E-state index >= 15 is 0 Å². The Hall–Kier alpha value is -1.17. The lowest BCUT2D eigenvalue weighted by molar-refractivity contribution is -0.209. The van der Waals surface area contributed by atoms with Crippen molar-refractivity contribution in [2.45, 2.75) is 71.0 Å². The van der Waals surface area contributed by atoms with Crippen molar-refractivity contribution in [1.82, 2.24) is 0 Å². The van der Waals surface area contributed by atoms with Gasteiger partial charge in [-0.3, -0.25) is 4.79 Å². The maximum absolute atomic E-state index is 13.2. The first kappa shape index (κ1) is 22.0. The van der Waals surface area contributed by atoms with Gasteiger partial charge in [0.1, 0.15) is 0 Å². The summed E-state index contributed by atoms with van der Waals surface area (Å²) in [4.78, 5) is 25.1. The molecule has 5 nitrogen and oxygen atoms in total. The number of rotatable bonds is 5. The van der Waals surface area contributed by atoms with E-state index in [2.05, 4.69) is 13.8 Å². The van der Waals surface area contributed by atoms with Gasteiger partial charge < -0.3 is 14.6 Å². The van der Waals surface area contributed by atoms with Crippen molar-refractivity contribution < 1.29 is 24.2 Å². The van der Waals surface area contributed by atoms with Crippen LogP contribution in [0, 0.1) is 28.6 Å². The molecule has 7 atom stereocenters. The van der Waals surface area contributed by atoms with E-state index in [0.29, 0.717) is 19.4 Å². The van der Waals surface area contributed by atoms with Gasteiger partial charge in [0.25, 0.3) is 0 Å². The fourth-order valence-corrected chi connectivity index (χ4v) is 7.49. The first-order chi connectivity index (χ1) is 14.2. The number of halogens is 1. The van der Waals surface area contributed by atoms with Crippen LogP contribution in [0.4, 0.5) is 0 Å². The van der Waals surface area contributed by atoms with Gasteiger partial charge in [0.15, 0.2) is 17.5 Å². The monoisotopic (exact) mass is 436 g/mol. The Kier molecular flexibility index (Phi) is 5.70. The first-order valence-electron chi connectivity index (χ1n) is 11.2. The number of aliphatic hydroxyl groups excluding tert-OH is 1. The second kappa shape index (κ2) is 7.75. The summed E-state index contributed by atoms with van der Waals surface area (Å²) in [5, 5.41) is 11.5. The molecule has 0 radical (unpaired) electrons. The fraction of sp³-hybridized carbons (Fsp3) is 0.750. The second-order valence-electron chi connectivity index (χ2n) is 9.97. The first-order valence-corrected chi connectivity index (χ1v) is 11.8. The van der Waals surface area contributed by atoms with Crippen LogP contribution in [0.2, 0.25) is 0 Å². The fourth-order valence-electron chi connectivity index (χ4n) is 7.39. The van der Waals surface area contributed by atoms with Crippen LogP contribution in [-0.4, -0.2) is 41.2 Å². The summed E-state index contributed by atoms with van der Waals surface area (Å²) in [6.07, 6.45) is 9.32. The number of fused-ring (bicyclic) bond motifs is 5. The van der Waals surface area contributed by atoms with E-state index < -0.39 is 23.1 Å². The minimum absolute atomic E-state index is 0.0333. The molecule has 0 aromatic rings. The average molecular weight is 437 g/mol. The molecule has 0 bridgehead atoms. The van der Waals surface area contributed by atoms with Crippen molar-refractivity contribution in [3.05, 3.63) is 23.8 Å². The summed E-state index contributed by atoms with van der Waals surface area (Å²) in [6, 6.07) is -0.198. The van der Waals surface area contributed by atoms with Crippen LogP contribution in [0.25, 0.3) is 0 Å². The van der Waals surface area contributed by atoms with Gasteiger partial charge in [-0.05, 0) is 62.5 Å². The van der Waals surface area contributed by atoms with Gasteiger partial charge >= 0.3 is 5.97 Å². The Labute approximate surface area is 183 Å². The third-order valence-corrected chi connectivity index (χ3v) is 8.79. The molecule has 6 heteroatoms. The Morgan fingerprint density at radius 3 is 2.80 bits per heavy atom. The predicted molar refractivity (Wildman–Crippen MR) is 114 cm³/mol. The summed E-state index contributed by atoms with van der Waals surface area (Å²) in [5.74, 6) is 0.177. The summed E-state index contributed by atoms with van der Waals surface area (Å²) >= 11 is 5.75. The number of carbonyl (C=O) groups is 2. The number of aliphatic hydroxyl groups is 1. The van der Waals surface area contributed by atoms with Crippen LogP contribution in [0.3, 0.4) is 0 Å². The smallest absolute Gasteiger partial charge is 0.340 e. The van der Waals surface area contributed by atoms with E-state index in [-0.39, 0.29) is 35.0 Å². The molecular weight excluding hydrogens is 404 g/mol. The topological polar surface area (TPSA) is 72.8 Å². The molecule has 4 rings (SSSR count). The van der Waals surface area contributed by atoms with Crippen molar-refractivity contribution in [3.63, 3.8) is 0 Å². The van der Waals surface area contributed by atoms with E-state index in [1.165, 1.54) is 0 Å². The number of hydrogen-bond acceptors (Lipinski definition) is 5. The van der Waals surface area contributed by atoms with Crippen LogP contribution >= 0.6 is 11.6 Å². The highest BCUT2D eigenvalue weighted by Crippen LogP contribution is 2.67. The van der Waals surface area contributed by atoms with E-state index in [9.17, 15) is 14.7 Å². The number of carbonyl (C=O) groups excluding carboxylic acids is 2. The van der Waals surface area contributed by atoms with E-state index in [0.717, 1.165) is 31.3 Å². The lowest BCUT2D eigenvalue weighted by Gasteiger charge is -2.59. The molecule has 4 aliphatic rings. The molecule has 0 amide bonds. The van der Waals surface area contributed by atoms with Crippen molar-refractivity contribution in [2.24, 2.45) is 28.6 Å². The summed E-state index contributed by atoms with van der Waals surface area (Å²) < 4.78 is 11.6. The molecule has 1 N–H and O–H groups in total. The minimum atomic E-state index is -1.07. The molecule has 30 heavy (non-hydrogen) atoms. The van der Waals surface area contributed by atoms with E-state index in [1.807, 2.05) is 13.0 Å². The molecule has 0 aromatic carbocycles. The predicted octanol–water partition coefficient (Wildman–Crippen LogP) is 4.17. The Morgan fingerprint density at radius 1 is 1.33 bits per heavy atom. The van der Waals surface area contributed by atoms with Gasteiger partial charge in [-0.25, -0.2) is 4.79 Å².